The highest BCUT2D eigenvalue weighted by molar-refractivity contribution is 5.94. The molecule has 0 bridgehead atoms. The molecule has 8 heteroatoms. The zero-order valence-electron chi connectivity index (χ0n) is 15.5. The van der Waals surface area contributed by atoms with E-state index < -0.39 is 29.0 Å². The number of nitrogens with zero attached hydrogens (tertiary/aromatic N) is 2. The highest BCUT2D eigenvalue weighted by Crippen LogP contribution is 2.45. The van der Waals surface area contributed by atoms with Crippen molar-refractivity contribution in [2.24, 2.45) is 10.4 Å². The summed E-state index contributed by atoms with van der Waals surface area (Å²) in [5.74, 6) is -4.26. The number of anilines is 1. The number of amides is 1. The molecule has 1 saturated heterocycles. The molecule has 1 aromatic rings. The van der Waals surface area contributed by atoms with Crippen molar-refractivity contribution in [3.63, 3.8) is 0 Å². The SMILES string of the molecule is CCNC(=NCC(=O)Nc1ccc(F)c(F)c1F)N1CCC2(CCCC2)C1. The van der Waals surface area contributed by atoms with Crippen LogP contribution in [0, 0.1) is 22.9 Å². The van der Waals surface area contributed by atoms with Crippen LogP contribution in [0.15, 0.2) is 17.1 Å². The van der Waals surface area contributed by atoms with Gasteiger partial charge in [0.05, 0.1) is 5.69 Å². The molecule has 1 heterocycles. The van der Waals surface area contributed by atoms with Crippen molar-refractivity contribution in [3.8, 4) is 0 Å². The second-order valence-electron chi connectivity index (χ2n) is 7.32. The molecule has 0 radical (unpaired) electrons. The number of carbonyl (C=O) groups excluding carboxylic acids is 1. The topological polar surface area (TPSA) is 56.7 Å². The molecule has 1 amide bonds. The van der Waals surface area contributed by atoms with Gasteiger partial charge in [0.1, 0.15) is 6.54 Å². The van der Waals surface area contributed by atoms with E-state index in [1.165, 1.54) is 25.7 Å². The van der Waals surface area contributed by atoms with E-state index in [2.05, 4.69) is 20.5 Å². The molecule has 1 spiro atoms. The fourth-order valence-electron chi connectivity index (χ4n) is 4.03. The molecule has 1 aliphatic carbocycles. The van der Waals surface area contributed by atoms with Crippen LogP contribution in [0.4, 0.5) is 18.9 Å². The largest absolute Gasteiger partial charge is 0.357 e. The minimum absolute atomic E-state index is 0.232. The Morgan fingerprint density at radius 1 is 1.19 bits per heavy atom. The third-order valence-electron chi connectivity index (χ3n) is 5.42. The van der Waals surface area contributed by atoms with E-state index in [0.29, 0.717) is 17.9 Å². The lowest BCUT2D eigenvalue weighted by Gasteiger charge is -2.25. The second-order valence-corrected chi connectivity index (χ2v) is 7.32. The molecular weight excluding hydrogens is 357 g/mol. The first kappa shape index (κ1) is 19.5. The van der Waals surface area contributed by atoms with E-state index in [9.17, 15) is 18.0 Å². The lowest BCUT2D eigenvalue weighted by Crippen LogP contribution is -2.41. The van der Waals surface area contributed by atoms with Gasteiger partial charge in [-0.15, -0.1) is 0 Å². The Kier molecular flexibility index (Phi) is 5.92. The van der Waals surface area contributed by atoms with Crippen molar-refractivity contribution < 1.29 is 18.0 Å². The summed E-state index contributed by atoms with van der Waals surface area (Å²) in [6.07, 6.45) is 6.13. The summed E-state index contributed by atoms with van der Waals surface area (Å²) < 4.78 is 39.9. The van der Waals surface area contributed by atoms with Gasteiger partial charge in [0.25, 0.3) is 0 Å². The van der Waals surface area contributed by atoms with Crippen LogP contribution in [0.1, 0.15) is 39.0 Å². The number of carbonyl (C=O) groups is 1. The Bertz CT molecular complexity index is 732. The van der Waals surface area contributed by atoms with E-state index >= 15 is 0 Å². The highest BCUT2D eigenvalue weighted by atomic mass is 19.2. The molecule has 2 N–H and O–H groups in total. The molecule has 2 aliphatic rings. The lowest BCUT2D eigenvalue weighted by molar-refractivity contribution is -0.114. The van der Waals surface area contributed by atoms with E-state index in [-0.39, 0.29) is 6.54 Å². The third-order valence-corrected chi connectivity index (χ3v) is 5.42. The fraction of sp³-hybridized carbons (Fsp3) is 0.579. The monoisotopic (exact) mass is 382 g/mol. The van der Waals surface area contributed by atoms with Gasteiger partial charge >= 0.3 is 0 Å². The van der Waals surface area contributed by atoms with Crippen LogP contribution < -0.4 is 10.6 Å². The number of nitrogens with one attached hydrogen (secondary N) is 2. The quantitative estimate of drug-likeness (QED) is 0.477. The number of rotatable bonds is 4. The molecule has 27 heavy (non-hydrogen) atoms. The summed E-state index contributed by atoms with van der Waals surface area (Å²) in [4.78, 5) is 18.6. The maximum absolute atomic E-state index is 13.7. The van der Waals surface area contributed by atoms with Crippen molar-refractivity contribution >= 4 is 17.6 Å². The van der Waals surface area contributed by atoms with Gasteiger partial charge in [-0.2, -0.15) is 0 Å². The van der Waals surface area contributed by atoms with Crippen LogP contribution >= 0.6 is 0 Å². The van der Waals surface area contributed by atoms with E-state index in [1.54, 1.807) is 0 Å². The second kappa shape index (κ2) is 8.19. The van der Waals surface area contributed by atoms with E-state index in [1.807, 2.05) is 6.92 Å². The van der Waals surface area contributed by atoms with Gasteiger partial charge in [0, 0.05) is 19.6 Å². The maximum Gasteiger partial charge on any atom is 0.246 e. The first-order chi connectivity index (χ1) is 12.9. The summed E-state index contributed by atoms with van der Waals surface area (Å²) in [7, 11) is 0. The fourth-order valence-corrected chi connectivity index (χ4v) is 4.03. The minimum Gasteiger partial charge on any atom is -0.357 e. The number of benzene rings is 1. The number of aliphatic imine (C=N–C) groups is 1. The van der Waals surface area contributed by atoms with Crippen LogP contribution in [0.3, 0.4) is 0 Å². The van der Waals surface area contributed by atoms with Crippen LogP contribution in [0.2, 0.25) is 0 Å². The predicted molar refractivity (Wildman–Crippen MR) is 98.0 cm³/mol. The predicted octanol–water partition coefficient (Wildman–Crippen LogP) is 3.27. The summed E-state index contributed by atoms with van der Waals surface area (Å²) >= 11 is 0. The first-order valence-electron chi connectivity index (χ1n) is 9.41. The van der Waals surface area contributed by atoms with Gasteiger partial charge in [-0.05, 0) is 43.7 Å². The molecule has 2 fully saturated rings. The van der Waals surface area contributed by atoms with Crippen molar-refractivity contribution in [3.05, 3.63) is 29.6 Å². The third kappa shape index (κ3) is 4.36. The van der Waals surface area contributed by atoms with Gasteiger partial charge in [-0.25, -0.2) is 18.2 Å². The Labute approximate surface area is 157 Å². The molecule has 0 aromatic heterocycles. The molecule has 148 valence electrons. The molecule has 0 unspecified atom stereocenters. The molecule has 1 aromatic carbocycles. The zero-order chi connectivity index (χ0) is 19.4. The summed E-state index contributed by atoms with van der Waals surface area (Å²) in [6.45, 7) is 4.21. The van der Waals surface area contributed by atoms with Crippen molar-refractivity contribution in [1.29, 1.82) is 0 Å². The normalized spacial score (nSPS) is 19.0. The van der Waals surface area contributed by atoms with Crippen molar-refractivity contribution in [2.45, 2.75) is 39.0 Å². The van der Waals surface area contributed by atoms with Gasteiger partial charge in [0.15, 0.2) is 23.4 Å². The lowest BCUT2D eigenvalue weighted by atomic mass is 9.86. The van der Waals surface area contributed by atoms with Gasteiger partial charge in [-0.1, -0.05) is 12.8 Å². The molecular formula is C19H25F3N4O. The summed E-state index contributed by atoms with van der Waals surface area (Å²) in [5, 5.41) is 5.43. The van der Waals surface area contributed by atoms with Crippen LogP contribution in [-0.2, 0) is 4.79 Å². The number of halogens is 3. The maximum atomic E-state index is 13.7. The molecule has 1 saturated carbocycles. The van der Waals surface area contributed by atoms with Crippen LogP contribution in [0.5, 0.6) is 0 Å². The van der Waals surface area contributed by atoms with Gasteiger partial charge in [0.2, 0.25) is 5.91 Å². The minimum atomic E-state index is -1.61. The summed E-state index contributed by atoms with van der Waals surface area (Å²) in [6, 6.07) is 1.76. The van der Waals surface area contributed by atoms with Crippen LogP contribution in [0.25, 0.3) is 0 Å². The molecule has 0 atom stereocenters. The number of likely N-dealkylation sites (tertiary alicyclic amines) is 1. The highest BCUT2D eigenvalue weighted by Gasteiger charge is 2.41. The Morgan fingerprint density at radius 2 is 1.93 bits per heavy atom. The average Bonchev–Trinajstić information content (AvgIpc) is 3.29. The molecule has 3 rings (SSSR count). The Balaban J connectivity index is 1.63. The number of guanidine groups is 1. The zero-order valence-corrected chi connectivity index (χ0v) is 15.5. The number of hydrogen-bond acceptors (Lipinski definition) is 2. The smallest absolute Gasteiger partial charge is 0.246 e. The average molecular weight is 382 g/mol. The van der Waals surface area contributed by atoms with Crippen molar-refractivity contribution in [1.82, 2.24) is 10.2 Å². The van der Waals surface area contributed by atoms with E-state index in [4.69, 9.17) is 0 Å². The van der Waals surface area contributed by atoms with Gasteiger partial charge < -0.3 is 15.5 Å². The molecule has 1 aliphatic heterocycles. The van der Waals surface area contributed by atoms with E-state index in [0.717, 1.165) is 31.6 Å². The Hall–Kier alpha value is -2.25. The van der Waals surface area contributed by atoms with Crippen molar-refractivity contribution in [2.75, 3.05) is 31.5 Å². The van der Waals surface area contributed by atoms with Gasteiger partial charge in [-0.3, -0.25) is 4.79 Å². The summed E-state index contributed by atoms with van der Waals surface area (Å²) in [5.41, 5.74) is -0.0297. The standard InChI is InChI=1S/C19H25F3N4O/c1-2-23-18(26-10-9-19(12-26)7-3-4-8-19)24-11-15(27)25-14-6-5-13(20)16(21)17(14)22/h5-6H,2-4,7-12H2,1H3,(H,23,24)(H,25,27). The van der Waals surface area contributed by atoms with Crippen LogP contribution in [-0.4, -0.2) is 42.9 Å². The first-order valence-corrected chi connectivity index (χ1v) is 9.41. The molecule has 5 nitrogen and oxygen atoms in total. The number of hydrogen-bond donors (Lipinski definition) is 2. The Morgan fingerprint density at radius 3 is 2.63 bits per heavy atom.